The topological polar surface area (TPSA) is 157 Å². The second-order valence-electron chi connectivity index (χ2n) is 1.33. The van der Waals surface area contributed by atoms with Gasteiger partial charge in [-0.2, -0.15) is 0 Å². The molecule has 0 aliphatic rings. The summed E-state index contributed by atoms with van der Waals surface area (Å²) in [6.07, 6.45) is 0. The quantitative estimate of drug-likeness (QED) is 0.424. The van der Waals surface area contributed by atoms with Gasteiger partial charge in [0.15, 0.2) is 0 Å². The number of rotatable bonds is 0. The fourth-order valence-electron chi connectivity index (χ4n) is 0.231. The standard InChI is InChI=1S/C2H3N3S2.ClHO4/c3-1-5-2(4)7-6-1;2-1(3,4)5/h(H3,3,4,5);(H,2,3,4,5). The van der Waals surface area contributed by atoms with E-state index in [9.17, 15) is 0 Å². The van der Waals surface area contributed by atoms with Gasteiger partial charge in [0.25, 0.3) is 0 Å². The molecule has 1 aromatic heterocycles. The molecular weight excluding hydrogens is 230 g/mol. The summed E-state index contributed by atoms with van der Waals surface area (Å²) in [4.78, 5) is 4.25. The minimum Gasteiger partial charge on any atom is -0.353 e. The molecule has 0 aromatic carbocycles. The third kappa shape index (κ3) is 9.71. The van der Waals surface area contributed by atoms with Crippen molar-refractivity contribution >= 4 is 25.8 Å². The van der Waals surface area contributed by atoms with Gasteiger partial charge in [-0.3, -0.25) is 5.41 Å². The summed E-state index contributed by atoms with van der Waals surface area (Å²) < 4.78 is 34.0. The lowest BCUT2D eigenvalue weighted by Gasteiger charge is -2.17. The zero-order chi connectivity index (χ0) is 9.78. The van der Waals surface area contributed by atoms with Gasteiger partial charge in [-0.1, -0.05) is 0 Å². The monoisotopic (exact) mass is 233 g/mol. The van der Waals surface area contributed by atoms with Crippen LogP contribution in [0.2, 0.25) is 0 Å². The molecule has 0 atom stereocenters. The second kappa shape index (κ2) is 4.67. The van der Waals surface area contributed by atoms with Crippen LogP contribution in [-0.2, 0) is 0 Å². The van der Waals surface area contributed by atoms with Crippen molar-refractivity contribution in [3.8, 4) is 0 Å². The van der Waals surface area contributed by atoms with Crippen LogP contribution in [0, 0.1) is 10.2 Å². The highest BCUT2D eigenvalue weighted by Crippen LogP contribution is 2.04. The van der Waals surface area contributed by atoms with E-state index < -0.39 is 10.2 Å². The molecule has 70 valence electrons. The van der Waals surface area contributed by atoms with Gasteiger partial charge in [0, 0.05) is 15.3 Å². The Morgan fingerprint density at radius 3 is 1.75 bits per heavy atom. The predicted molar refractivity (Wildman–Crippen MR) is 29.5 cm³/mol. The summed E-state index contributed by atoms with van der Waals surface area (Å²) in [6.45, 7) is 0. The highest BCUT2D eigenvalue weighted by Gasteiger charge is 1.95. The first-order valence-corrected chi connectivity index (χ1v) is 5.60. The Labute approximate surface area is 76.0 Å². The third-order valence-electron chi connectivity index (χ3n) is 0.433. The van der Waals surface area contributed by atoms with Crippen molar-refractivity contribution in [1.29, 1.82) is 0 Å². The van der Waals surface area contributed by atoms with Crippen LogP contribution in [0.3, 0.4) is 0 Å². The molecule has 0 spiro atoms. The van der Waals surface area contributed by atoms with E-state index in [4.69, 9.17) is 29.8 Å². The Morgan fingerprint density at radius 2 is 1.67 bits per heavy atom. The Morgan fingerprint density at radius 1 is 1.25 bits per heavy atom. The van der Waals surface area contributed by atoms with Gasteiger partial charge in [0.2, 0.25) is 0 Å². The first-order chi connectivity index (χ1) is 5.29. The summed E-state index contributed by atoms with van der Waals surface area (Å²) >= 11 is 0. The number of hydrogen-bond acceptors (Lipinski definition) is 8. The first kappa shape index (κ1) is 11.7. The van der Waals surface area contributed by atoms with Crippen LogP contribution in [0.5, 0.6) is 0 Å². The van der Waals surface area contributed by atoms with Gasteiger partial charge >= 0.3 is 9.93 Å². The summed E-state index contributed by atoms with van der Waals surface area (Å²) in [5.74, 6) is 0. The molecule has 1 rings (SSSR count). The van der Waals surface area contributed by atoms with E-state index in [0.717, 1.165) is 0 Å². The van der Waals surface area contributed by atoms with E-state index in [1.807, 2.05) is 0 Å². The van der Waals surface area contributed by atoms with Gasteiger partial charge < -0.3 is 5.73 Å². The molecule has 0 unspecified atom stereocenters. The molecule has 10 heteroatoms. The first-order valence-electron chi connectivity index (χ1n) is 2.22. The van der Waals surface area contributed by atoms with E-state index >= 15 is 0 Å². The average molecular weight is 234 g/mol. The van der Waals surface area contributed by atoms with Gasteiger partial charge in [-0.25, -0.2) is 18.6 Å². The van der Waals surface area contributed by atoms with Crippen molar-refractivity contribution in [3.63, 3.8) is 0 Å². The fourth-order valence-corrected chi connectivity index (χ4v) is 1.47. The molecule has 0 amide bonds. The van der Waals surface area contributed by atoms with Crippen molar-refractivity contribution in [2.24, 2.45) is 0 Å². The number of hydrogen-bond donors (Lipinski definition) is 2. The molecule has 12 heavy (non-hydrogen) atoms. The number of halogens is 1. The maximum atomic E-state index is 8.49. The lowest BCUT2D eigenvalue weighted by molar-refractivity contribution is -2.00. The van der Waals surface area contributed by atoms with Crippen LogP contribution in [0.4, 0.5) is 5.13 Å². The van der Waals surface area contributed by atoms with Crippen molar-refractivity contribution in [2.75, 3.05) is 5.73 Å². The van der Waals surface area contributed by atoms with Crippen LogP contribution >= 0.6 is 20.7 Å². The Hall–Kier alpha value is -0.290. The molecule has 0 saturated carbocycles. The van der Waals surface area contributed by atoms with Gasteiger partial charge in [-0.05, 0) is 10.3 Å². The summed E-state index contributed by atoms with van der Waals surface area (Å²) in [5.41, 5.74) is 5.22. The van der Waals surface area contributed by atoms with Crippen molar-refractivity contribution in [1.82, 2.24) is 4.98 Å². The molecular formula is C2H4ClN3O4S2. The van der Waals surface area contributed by atoms with Gasteiger partial charge in [0.05, 0.1) is 0 Å². The highest BCUT2D eigenvalue weighted by atomic mass is 35.7. The third-order valence-corrected chi connectivity index (χ3v) is 2.31. The summed E-state index contributed by atoms with van der Waals surface area (Å²) in [7, 11) is -2.17. The predicted octanol–water partition coefficient (Wildman–Crippen LogP) is -6.31. The molecule has 0 fully saturated rings. The molecule has 0 aliphatic carbocycles. The van der Waals surface area contributed by atoms with Crippen LogP contribution in [-0.4, -0.2) is 4.98 Å². The number of nitrogens with two attached hydrogens (primary N) is 2. The minimum absolute atomic E-state index is 0.544. The maximum Gasteiger partial charge on any atom is 0.386 e. The smallest absolute Gasteiger partial charge is 0.353 e. The number of anilines is 1. The molecule has 1 aromatic rings. The summed E-state index contributed by atoms with van der Waals surface area (Å²) in [5, 5.41) is 5.76. The van der Waals surface area contributed by atoms with Gasteiger partial charge in [0.1, 0.15) is 0 Å². The van der Waals surface area contributed by atoms with Crippen molar-refractivity contribution < 1.29 is 34.3 Å². The van der Waals surface area contributed by atoms with E-state index in [2.05, 4.69) is 4.98 Å². The molecule has 0 aliphatic heterocycles. The number of nitrogens with zero attached hydrogens (tertiary/aromatic N) is 1. The van der Waals surface area contributed by atoms with Crippen LogP contribution < -0.4 is 34.6 Å². The molecule has 0 saturated heterocycles. The zero-order valence-corrected chi connectivity index (χ0v) is 7.82. The molecule has 0 bridgehead atoms. The minimum atomic E-state index is -4.94. The lowest BCUT2D eigenvalue weighted by atomic mass is 11.2. The fraction of sp³-hybridized carbons (Fsp3) is 0. The molecule has 7 nitrogen and oxygen atoms in total. The molecule has 4 N–H and O–H groups in total. The van der Waals surface area contributed by atoms with E-state index in [1.54, 1.807) is 0 Å². The lowest BCUT2D eigenvalue weighted by Crippen LogP contribution is -2.68. The zero-order valence-electron chi connectivity index (χ0n) is 5.43. The molecule has 1 heterocycles. The van der Waals surface area contributed by atoms with E-state index in [-0.39, 0.29) is 0 Å². The van der Waals surface area contributed by atoms with Gasteiger partial charge in [-0.15, -0.1) is 10.2 Å². The van der Waals surface area contributed by atoms with Crippen LogP contribution in [0.1, 0.15) is 0 Å². The number of nitrogen functional groups attached to an aromatic ring is 1. The van der Waals surface area contributed by atoms with Crippen molar-refractivity contribution in [2.45, 2.75) is 0 Å². The summed E-state index contributed by atoms with van der Waals surface area (Å²) in [6, 6.07) is 0. The average Bonchev–Trinajstić information content (AvgIpc) is 2.09. The highest BCUT2D eigenvalue weighted by molar-refractivity contribution is 7.69. The normalized spacial score (nSPS) is 10.3. The van der Waals surface area contributed by atoms with Crippen molar-refractivity contribution in [3.05, 3.63) is 4.80 Å². The Balaban J connectivity index is 0.000000217. The van der Waals surface area contributed by atoms with E-state index in [0.29, 0.717) is 9.93 Å². The van der Waals surface area contributed by atoms with E-state index in [1.165, 1.54) is 20.7 Å². The maximum absolute atomic E-state index is 8.49. The second-order valence-corrected chi connectivity index (χ2v) is 4.26. The van der Waals surface area contributed by atoms with Crippen LogP contribution in [0.15, 0.2) is 0 Å². The number of aromatic nitrogens is 1. The Bertz CT molecular complexity index is 272. The Kier molecular flexibility index (Phi) is 4.55. The van der Waals surface area contributed by atoms with Crippen LogP contribution in [0.25, 0.3) is 0 Å². The SMILES string of the molecule is Nc1nc(=[NH2+])ss1.[O-][Cl+3]([O-])([O-])[O-]. The largest absolute Gasteiger partial charge is 0.386 e. The molecule has 0 radical (unpaired) electrons.